The number of ether oxygens (including phenoxy) is 1. The van der Waals surface area contributed by atoms with E-state index in [1.54, 1.807) is 6.92 Å². The maximum Gasteiger partial charge on any atom is 0.513 e. The van der Waals surface area contributed by atoms with Gasteiger partial charge in [-0.1, -0.05) is 0 Å². The maximum absolute atomic E-state index is 8.68. The number of aliphatic hydroxyl groups excluding tert-OH is 1. The second kappa shape index (κ2) is 9.68. The number of hydrogen-bond acceptors (Lipinski definition) is 2. The molecule has 0 fully saturated rings. The molecule has 0 aromatic heterocycles. The van der Waals surface area contributed by atoms with Crippen LogP contribution < -0.4 is 0 Å². The molecular formula is C6H13O4Ti+. The van der Waals surface area contributed by atoms with E-state index in [1.807, 2.05) is 0 Å². The average Bonchev–Trinajstić information content (AvgIpc) is 1.63. The molecule has 5 heteroatoms. The van der Waals surface area contributed by atoms with Crippen LogP contribution in [0.3, 0.4) is 0 Å². The summed E-state index contributed by atoms with van der Waals surface area (Å²) in [6, 6.07) is 0. The van der Waals surface area contributed by atoms with E-state index in [0.29, 0.717) is 6.61 Å². The molecule has 0 aliphatic rings. The van der Waals surface area contributed by atoms with Crippen LogP contribution in [0.25, 0.3) is 0 Å². The van der Waals surface area contributed by atoms with E-state index >= 15 is 0 Å². The minimum Gasteiger partial charge on any atom is -0.512 e. The molecule has 0 unspecified atom stereocenters. The SMILES string of the molecule is CCOC(=[OH+])/C=C(/C)O.O.[Ti]. The molecule has 0 radical (unpaired) electrons. The Hall–Kier alpha value is -0.316. The van der Waals surface area contributed by atoms with Crippen molar-refractivity contribution in [1.29, 1.82) is 0 Å². The summed E-state index contributed by atoms with van der Waals surface area (Å²) in [6.07, 6.45) is 1.14. The first-order valence-corrected chi connectivity index (χ1v) is 2.72. The Morgan fingerprint density at radius 1 is 1.64 bits per heavy atom. The van der Waals surface area contributed by atoms with Gasteiger partial charge >= 0.3 is 5.97 Å². The van der Waals surface area contributed by atoms with Crippen LogP contribution in [0.5, 0.6) is 0 Å². The number of hydrogen-bond donors (Lipinski definition) is 1. The third-order valence-electron chi connectivity index (χ3n) is 0.625. The molecule has 0 bridgehead atoms. The number of allylic oxidation sites excluding steroid dienone is 1. The van der Waals surface area contributed by atoms with Crippen LogP contribution in [0.15, 0.2) is 11.8 Å². The van der Waals surface area contributed by atoms with Gasteiger partial charge in [0.05, 0.1) is 0 Å². The summed E-state index contributed by atoms with van der Waals surface area (Å²) in [6.45, 7) is 3.60. The van der Waals surface area contributed by atoms with Crippen LogP contribution in [0.4, 0.5) is 0 Å². The normalized spacial score (nSPS) is 9.09. The first kappa shape index (κ1) is 17.0. The van der Waals surface area contributed by atoms with Crippen molar-refractivity contribution in [3.05, 3.63) is 11.8 Å². The fourth-order valence-corrected chi connectivity index (χ4v) is 0.368. The summed E-state index contributed by atoms with van der Waals surface area (Å²) in [5.41, 5.74) is 0. The molecule has 0 aliphatic carbocycles. The third-order valence-corrected chi connectivity index (χ3v) is 0.625. The fourth-order valence-electron chi connectivity index (χ4n) is 0.368. The largest absolute Gasteiger partial charge is 0.513 e. The molecule has 11 heavy (non-hydrogen) atoms. The van der Waals surface area contributed by atoms with Crippen molar-refractivity contribution < 1.29 is 41.8 Å². The molecule has 0 spiro atoms. The first-order valence-electron chi connectivity index (χ1n) is 2.72. The van der Waals surface area contributed by atoms with Gasteiger partial charge in [-0.2, -0.15) is 0 Å². The Labute approximate surface area is 80.4 Å². The monoisotopic (exact) mass is 197 g/mol. The van der Waals surface area contributed by atoms with Gasteiger partial charge in [-0.3, -0.25) is 0 Å². The van der Waals surface area contributed by atoms with E-state index in [1.165, 1.54) is 6.92 Å². The van der Waals surface area contributed by atoms with Gasteiger partial charge in [0.1, 0.15) is 11.8 Å². The molecule has 4 N–H and O–H groups in total. The smallest absolute Gasteiger partial charge is 0.512 e. The van der Waals surface area contributed by atoms with Gasteiger partial charge in [0, 0.05) is 21.7 Å². The molecule has 0 aromatic carbocycles. The van der Waals surface area contributed by atoms with Gasteiger partial charge in [0.25, 0.3) is 0 Å². The summed E-state index contributed by atoms with van der Waals surface area (Å²) in [5.74, 6) is -0.224. The number of rotatable bonds is 2. The van der Waals surface area contributed by atoms with Crippen molar-refractivity contribution in [3.63, 3.8) is 0 Å². The summed E-state index contributed by atoms with van der Waals surface area (Å²) < 4.78 is 4.59. The van der Waals surface area contributed by atoms with Crippen LogP contribution in [0, 0.1) is 0 Å². The topological polar surface area (TPSA) is 82.4 Å². The van der Waals surface area contributed by atoms with Crippen LogP contribution in [0.1, 0.15) is 13.8 Å². The van der Waals surface area contributed by atoms with Crippen molar-refractivity contribution >= 4 is 5.97 Å². The summed E-state index contributed by atoms with van der Waals surface area (Å²) >= 11 is 0. The third kappa shape index (κ3) is 12.8. The number of carbonyl (C=O) groups excluding carboxylic acids is 1. The predicted molar refractivity (Wildman–Crippen MR) is 38.6 cm³/mol. The van der Waals surface area contributed by atoms with E-state index in [4.69, 9.17) is 9.90 Å². The average molecular weight is 197 g/mol. The summed E-state index contributed by atoms with van der Waals surface area (Å²) in [5, 5.41) is 8.55. The second-order valence-corrected chi connectivity index (χ2v) is 1.56. The summed E-state index contributed by atoms with van der Waals surface area (Å²) in [7, 11) is 0. The quantitative estimate of drug-likeness (QED) is 0.225. The molecule has 0 atom stereocenters. The number of esters is 1. The van der Waals surface area contributed by atoms with E-state index in [0.717, 1.165) is 6.08 Å². The van der Waals surface area contributed by atoms with Crippen LogP contribution in [-0.4, -0.2) is 28.0 Å². The predicted octanol–water partition coefficient (Wildman–Crippen LogP) is 0.160. The second-order valence-electron chi connectivity index (χ2n) is 1.56. The van der Waals surface area contributed by atoms with Crippen LogP contribution in [0.2, 0.25) is 0 Å². The van der Waals surface area contributed by atoms with Crippen LogP contribution in [-0.2, 0) is 26.5 Å². The zero-order chi connectivity index (χ0) is 7.28. The van der Waals surface area contributed by atoms with Crippen molar-refractivity contribution in [2.24, 2.45) is 0 Å². The van der Waals surface area contributed by atoms with E-state index in [-0.39, 0.29) is 38.9 Å². The van der Waals surface area contributed by atoms with Gasteiger partial charge < -0.3 is 20.1 Å². The number of aliphatic hydroxyl groups is 1. The Morgan fingerprint density at radius 2 is 2.09 bits per heavy atom. The Balaban J connectivity index is -0.000000320. The summed E-state index contributed by atoms with van der Waals surface area (Å²) in [4.78, 5) is 8.68. The van der Waals surface area contributed by atoms with Crippen molar-refractivity contribution in [1.82, 2.24) is 0 Å². The molecule has 0 heterocycles. The molecule has 0 rings (SSSR count). The fraction of sp³-hybridized carbons (Fsp3) is 0.500. The molecule has 0 aromatic rings. The van der Waals surface area contributed by atoms with Gasteiger partial charge in [-0.25, -0.2) is 0 Å². The molecule has 0 saturated carbocycles. The van der Waals surface area contributed by atoms with Crippen molar-refractivity contribution in [3.8, 4) is 0 Å². The first-order chi connectivity index (χ1) is 4.16. The minimum atomic E-state index is -0.252. The van der Waals surface area contributed by atoms with Gasteiger partial charge in [0.2, 0.25) is 0 Å². The maximum atomic E-state index is 8.68. The Bertz CT molecular complexity index is 129. The minimum absolute atomic E-state index is 0. The Kier molecular flexibility index (Phi) is 14.9. The van der Waals surface area contributed by atoms with Gasteiger partial charge in [-0.15, -0.1) is 0 Å². The van der Waals surface area contributed by atoms with Gasteiger partial charge in [-0.05, 0) is 13.8 Å². The van der Waals surface area contributed by atoms with Gasteiger partial charge in [0.15, 0.2) is 6.61 Å². The Morgan fingerprint density at radius 3 is 2.36 bits per heavy atom. The molecule has 0 aliphatic heterocycles. The molecule has 64 valence electrons. The molecular weight excluding hydrogens is 184 g/mol. The molecule has 4 nitrogen and oxygen atoms in total. The van der Waals surface area contributed by atoms with Crippen LogP contribution >= 0.6 is 0 Å². The molecule has 0 amide bonds. The standard InChI is InChI=1S/C6H10O3.H2O.Ti/c1-3-9-6(8)4-5(2)7;;/h4,7H,3H2,1-2H3;1H2;/p+1/b5-4-;;. The van der Waals surface area contributed by atoms with E-state index < -0.39 is 0 Å². The zero-order valence-corrected chi connectivity index (χ0v) is 8.15. The van der Waals surface area contributed by atoms with Crippen molar-refractivity contribution in [2.75, 3.05) is 6.61 Å². The zero-order valence-electron chi connectivity index (χ0n) is 6.59. The molecule has 0 saturated heterocycles. The van der Waals surface area contributed by atoms with E-state index in [2.05, 4.69) is 4.74 Å². The van der Waals surface area contributed by atoms with Crippen molar-refractivity contribution in [2.45, 2.75) is 13.8 Å². The van der Waals surface area contributed by atoms with E-state index in [9.17, 15) is 0 Å².